The number of carbonyl (C=O) groups is 1. The molecule has 0 aliphatic rings. The third-order valence-electron chi connectivity index (χ3n) is 4.82. The van der Waals surface area contributed by atoms with Gasteiger partial charge in [-0.1, -0.05) is 35.9 Å². The fourth-order valence-corrected chi connectivity index (χ4v) is 6.09. The first-order valence-electron chi connectivity index (χ1n) is 9.52. The third-order valence-corrected chi connectivity index (χ3v) is 7.69. The standard InChI is InChI=1S/C22H19ClN2O4S2/c1-14-24-19-6-2-4-15(22(19)30-14)5-3-11-31(28,29)25-18(8-10-21(26)27)13-16-12-17(23)7-9-20(16)25/h2-7,9,12-13H,8,10-11H2,1H3,(H,26,27). The first-order chi connectivity index (χ1) is 14.7. The second kappa shape index (κ2) is 8.45. The number of hydrogen-bond donors (Lipinski definition) is 1. The van der Waals surface area contributed by atoms with E-state index in [1.807, 2.05) is 25.1 Å². The van der Waals surface area contributed by atoms with Crippen molar-refractivity contribution in [3.05, 3.63) is 69.8 Å². The summed E-state index contributed by atoms with van der Waals surface area (Å²) >= 11 is 7.62. The maximum Gasteiger partial charge on any atom is 0.303 e. The Balaban J connectivity index is 1.69. The minimum atomic E-state index is -3.77. The number of fused-ring (bicyclic) bond motifs is 2. The van der Waals surface area contributed by atoms with Gasteiger partial charge in [0, 0.05) is 16.1 Å². The number of rotatable bonds is 7. The molecule has 2 heterocycles. The van der Waals surface area contributed by atoms with Crippen molar-refractivity contribution >= 4 is 66.1 Å². The highest BCUT2D eigenvalue weighted by Crippen LogP contribution is 2.28. The molecule has 2 aromatic heterocycles. The maximum absolute atomic E-state index is 13.2. The zero-order valence-electron chi connectivity index (χ0n) is 16.6. The molecule has 160 valence electrons. The molecule has 0 radical (unpaired) electrons. The minimum absolute atomic E-state index is 0.101. The van der Waals surface area contributed by atoms with Crippen molar-refractivity contribution in [3.8, 4) is 0 Å². The maximum atomic E-state index is 13.2. The number of halogens is 1. The molecule has 0 fully saturated rings. The fourth-order valence-electron chi connectivity index (χ4n) is 3.54. The van der Waals surface area contributed by atoms with Gasteiger partial charge >= 0.3 is 5.97 Å². The quantitative estimate of drug-likeness (QED) is 0.401. The van der Waals surface area contributed by atoms with E-state index in [1.54, 1.807) is 47.8 Å². The van der Waals surface area contributed by atoms with E-state index in [9.17, 15) is 13.2 Å². The second-order valence-corrected chi connectivity index (χ2v) is 10.6. The molecule has 0 saturated carbocycles. The van der Waals surface area contributed by atoms with Crippen LogP contribution in [0.1, 0.15) is 22.7 Å². The van der Waals surface area contributed by atoms with Crippen LogP contribution in [0.2, 0.25) is 5.02 Å². The smallest absolute Gasteiger partial charge is 0.303 e. The molecule has 0 bridgehead atoms. The molecule has 31 heavy (non-hydrogen) atoms. The average molecular weight is 475 g/mol. The van der Waals surface area contributed by atoms with Crippen LogP contribution in [0.3, 0.4) is 0 Å². The molecular formula is C22H19ClN2O4S2. The molecule has 4 aromatic rings. The molecule has 0 atom stereocenters. The largest absolute Gasteiger partial charge is 0.481 e. The number of nitrogens with zero attached hydrogens (tertiary/aromatic N) is 2. The fraction of sp³-hybridized carbons (Fsp3) is 0.182. The van der Waals surface area contributed by atoms with Crippen LogP contribution in [-0.4, -0.2) is 34.2 Å². The van der Waals surface area contributed by atoms with Crippen molar-refractivity contribution in [2.45, 2.75) is 19.8 Å². The molecule has 4 rings (SSSR count). The van der Waals surface area contributed by atoms with Crippen LogP contribution in [0.4, 0.5) is 0 Å². The van der Waals surface area contributed by atoms with E-state index in [0.29, 0.717) is 21.6 Å². The molecule has 6 nitrogen and oxygen atoms in total. The van der Waals surface area contributed by atoms with E-state index < -0.39 is 16.0 Å². The van der Waals surface area contributed by atoms with Crippen LogP contribution in [0, 0.1) is 6.92 Å². The number of thiazole rings is 1. The van der Waals surface area contributed by atoms with Gasteiger partial charge < -0.3 is 5.11 Å². The summed E-state index contributed by atoms with van der Waals surface area (Å²) in [4.78, 5) is 15.5. The summed E-state index contributed by atoms with van der Waals surface area (Å²) in [6, 6.07) is 12.4. The van der Waals surface area contributed by atoms with Gasteiger partial charge in [-0.25, -0.2) is 17.4 Å². The molecule has 0 aliphatic heterocycles. The Bertz CT molecular complexity index is 1430. The number of carboxylic acids is 1. The number of aryl methyl sites for hydroxylation is 2. The lowest BCUT2D eigenvalue weighted by Gasteiger charge is -2.10. The van der Waals surface area contributed by atoms with Crippen LogP contribution in [-0.2, 0) is 21.2 Å². The van der Waals surface area contributed by atoms with Gasteiger partial charge in [-0.2, -0.15) is 0 Å². The third kappa shape index (κ3) is 4.51. The summed E-state index contributed by atoms with van der Waals surface area (Å²) in [5.41, 5.74) is 2.71. The molecule has 9 heteroatoms. The Morgan fingerprint density at radius 1 is 1.26 bits per heavy atom. The second-order valence-electron chi connectivity index (χ2n) is 7.11. The predicted octanol–water partition coefficient (Wildman–Crippen LogP) is 5.12. The van der Waals surface area contributed by atoms with Gasteiger partial charge in [0.15, 0.2) is 0 Å². The van der Waals surface area contributed by atoms with Crippen LogP contribution < -0.4 is 0 Å². The van der Waals surface area contributed by atoms with Crippen molar-refractivity contribution in [1.29, 1.82) is 0 Å². The van der Waals surface area contributed by atoms with Gasteiger partial charge in [0.25, 0.3) is 0 Å². The summed E-state index contributed by atoms with van der Waals surface area (Å²) in [6.45, 7) is 1.94. The number of carboxylic acid groups (broad SMARTS) is 1. The minimum Gasteiger partial charge on any atom is -0.481 e. The van der Waals surface area contributed by atoms with E-state index in [1.165, 1.54) is 3.97 Å². The topological polar surface area (TPSA) is 89.3 Å². The number of benzene rings is 2. The van der Waals surface area contributed by atoms with Crippen molar-refractivity contribution in [1.82, 2.24) is 8.96 Å². The summed E-state index contributed by atoms with van der Waals surface area (Å²) in [5.74, 6) is -1.21. The Labute approximate surface area is 188 Å². The van der Waals surface area contributed by atoms with Gasteiger partial charge in [-0.15, -0.1) is 11.3 Å². The Kier molecular flexibility index (Phi) is 5.88. The van der Waals surface area contributed by atoms with E-state index in [0.717, 1.165) is 20.8 Å². The molecule has 0 spiro atoms. The van der Waals surface area contributed by atoms with E-state index >= 15 is 0 Å². The number of hydrogen-bond acceptors (Lipinski definition) is 5. The molecule has 0 saturated heterocycles. The van der Waals surface area contributed by atoms with Crippen molar-refractivity contribution in [3.63, 3.8) is 0 Å². The molecule has 1 N–H and O–H groups in total. The van der Waals surface area contributed by atoms with E-state index in [-0.39, 0.29) is 18.6 Å². The van der Waals surface area contributed by atoms with Gasteiger partial charge in [-0.3, -0.25) is 4.79 Å². The lowest BCUT2D eigenvalue weighted by Crippen LogP contribution is -2.18. The molecule has 2 aromatic carbocycles. The summed E-state index contributed by atoms with van der Waals surface area (Å²) in [5, 5.41) is 11.1. The summed E-state index contributed by atoms with van der Waals surface area (Å²) < 4.78 is 28.7. The monoisotopic (exact) mass is 474 g/mol. The Morgan fingerprint density at radius 2 is 2.06 bits per heavy atom. The first-order valence-corrected chi connectivity index (χ1v) is 12.3. The van der Waals surface area contributed by atoms with Crippen LogP contribution in [0.15, 0.2) is 48.5 Å². The molecular weight excluding hydrogens is 456 g/mol. The zero-order chi connectivity index (χ0) is 22.2. The van der Waals surface area contributed by atoms with Crippen LogP contribution >= 0.6 is 22.9 Å². The Hall–Kier alpha value is -2.68. The van der Waals surface area contributed by atoms with Crippen LogP contribution in [0.5, 0.6) is 0 Å². The normalized spacial score (nSPS) is 12.3. The first kappa shape index (κ1) is 21.5. The van der Waals surface area contributed by atoms with E-state index in [4.69, 9.17) is 16.7 Å². The predicted molar refractivity (Wildman–Crippen MR) is 125 cm³/mol. The van der Waals surface area contributed by atoms with Gasteiger partial charge in [0.1, 0.15) is 0 Å². The van der Waals surface area contributed by atoms with Crippen LogP contribution in [0.25, 0.3) is 27.2 Å². The summed E-state index contributed by atoms with van der Waals surface area (Å²) in [7, 11) is -3.77. The highest BCUT2D eigenvalue weighted by atomic mass is 35.5. The van der Waals surface area contributed by atoms with Crippen molar-refractivity contribution in [2.75, 3.05) is 5.75 Å². The van der Waals surface area contributed by atoms with Gasteiger partial charge in [0.05, 0.1) is 32.9 Å². The van der Waals surface area contributed by atoms with Crippen molar-refractivity contribution in [2.24, 2.45) is 0 Å². The number of aliphatic carboxylic acids is 1. The zero-order valence-corrected chi connectivity index (χ0v) is 19.0. The lowest BCUT2D eigenvalue weighted by atomic mass is 10.2. The van der Waals surface area contributed by atoms with Gasteiger partial charge in [0.2, 0.25) is 10.0 Å². The summed E-state index contributed by atoms with van der Waals surface area (Å²) in [6.07, 6.45) is 3.34. The number of aromatic nitrogens is 2. The highest BCUT2D eigenvalue weighted by Gasteiger charge is 2.20. The average Bonchev–Trinajstić information content (AvgIpc) is 3.26. The van der Waals surface area contributed by atoms with Gasteiger partial charge in [-0.05, 0) is 49.2 Å². The van der Waals surface area contributed by atoms with Crippen molar-refractivity contribution < 1.29 is 18.3 Å². The Morgan fingerprint density at radius 3 is 2.84 bits per heavy atom. The molecule has 0 unspecified atom stereocenters. The lowest BCUT2D eigenvalue weighted by molar-refractivity contribution is -0.136. The molecule has 0 amide bonds. The van der Waals surface area contributed by atoms with E-state index in [2.05, 4.69) is 4.98 Å². The highest BCUT2D eigenvalue weighted by molar-refractivity contribution is 7.90. The molecule has 0 aliphatic carbocycles. The SMILES string of the molecule is Cc1nc2cccc(C=CCS(=O)(=O)n3c(CCC(=O)O)cc4cc(Cl)ccc43)c2s1.